The smallest absolute Gasteiger partial charge is 0.160 e. The maximum absolute atomic E-state index is 7.50. The van der Waals surface area contributed by atoms with Gasteiger partial charge in [-0.05, 0) is 116 Å². The van der Waals surface area contributed by atoms with E-state index in [4.69, 9.17) is 4.74 Å². The van der Waals surface area contributed by atoms with E-state index in [0.29, 0.717) is 0 Å². The Morgan fingerprint density at radius 3 is 1.50 bits per heavy atom. The number of fused-ring (bicyclic) bond motifs is 5. The van der Waals surface area contributed by atoms with Crippen molar-refractivity contribution in [3.8, 4) is 56.0 Å². The van der Waals surface area contributed by atoms with Crippen LogP contribution in [-0.4, -0.2) is 0 Å². The van der Waals surface area contributed by atoms with Gasteiger partial charge in [-0.2, -0.15) is 0 Å². The first kappa shape index (κ1) is 37.6. The van der Waals surface area contributed by atoms with Gasteiger partial charge in [0, 0.05) is 39.1 Å². The molecular formula is C61H44N2O. The summed E-state index contributed by atoms with van der Waals surface area (Å²) >= 11 is 0. The van der Waals surface area contributed by atoms with E-state index in [0.717, 1.165) is 73.1 Å². The van der Waals surface area contributed by atoms with Crippen LogP contribution in [0.2, 0.25) is 0 Å². The zero-order valence-corrected chi connectivity index (χ0v) is 35.7. The average Bonchev–Trinajstić information content (AvgIpc) is 3.59. The lowest BCUT2D eigenvalue weighted by atomic mass is 9.82. The molecule has 0 aromatic heterocycles. The summed E-state index contributed by atoms with van der Waals surface area (Å²) in [4.78, 5) is 4.69. The van der Waals surface area contributed by atoms with Crippen LogP contribution in [0.1, 0.15) is 25.0 Å². The fourth-order valence-electron chi connectivity index (χ4n) is 10.1. The molecule has 0 amide bonds. The number of ether oxygens (including phenoxy) is 1. The Bertz CT molecular complexity index is 3320. The number of nitrogens with zero attached hydrogens (tertiary/aromatic N) is 2. The van der Waals surface area contributed by atoms with Gasteiger partial charge in [0.2, 0.25) is 0 Å². The highest BCUT2D eigenvalue weighted by molar-refractivity contribution is 6.09. The molecule has 2 aliphatic rings. The van der Waals surface area contributed by atoms with Crippen molar-refractivity contribution < 1.29 is 4.74 Å². The lowest BCUT2D eigenvalue weighted by Crippen LogP contribution is -2.16. The molecule has 0 spiro atoms. The molecule has 1 aliphatic carbocycles. The molecule has 0 bridgehead atoms. The zero-order chi connectivity index (χ0) is 42.8. The summed E-state index contributed by atoms with van der Waals surface area (Å²) in [6, 6.07) is 83.1. The van der Waals surface area contributed by atoms with E-state index in [1.165, 1.54) is 38.9 Å². The fourth-order valence-corrected chi connectivity index (χ4v) is 10.1. The van der Waals surface area contributed by atoms with Crippen LogP contribution in [0.4, 0.5) is 34.1 Å². The number of anilines is 6. The predicted molar refractivity (Wildman–Crippen MR) is 267 cm³/mol. The first-order valence-electron chi connectivity index (χ1n) is 22.1. The predicted octanol–water partition coefficient (Wildman–Crippen LogP) is 17.2. The van der Waals surface area contributed by atoms with Crippen molar-refractivity contribution in [2.45, 2.75) is 19.3 Å². The van der Waals surface area contributed by atoms with Crippen LogP contribution in [0, 0.1) is 0 Å². The Balaban J connectivity index is 1.04. The van der Waals surface area contributed by atoms with Crippen LogP contribution in [0.25, 0.3) is 55.3 Å². The normalized spacial score (nSPS) is 12.8. The lowest BCUT2D eigenvalue weighted by molar-refractivity contribution is 0.489. The molecule has 10 aromatic carbocycles. The van der Waals surface area contributed by atoms with Crippen molar-refractivity contribution in [1.82, 2.24) is 0 Å². The van der Waals surface area contributed by atoms with Crippen LogP contribution in [-0.2, 0) is 5.41 Å². The molecule has 1 aliphatic heterocycles. The van der Waals surface area contributed by atoms with Crippen LogP contribution in [0.5, 0.6) is 11.5 Å². The molecule has 0 unspecified atom stereocenters. The van der Waals surface area contributed by atoms with Crippen molar-refractivity contribution in [2.75, 3.05) is 9.80 Å². The van der Waals surface area contributed by atoms with Gasteiger partial charge >= 0.3 is 0 Å². The maximum Gasteiger partial charge on any atom is 0.160 e. The highest BCUT2D eigenvalue weighted by Gasteiger charge is 2.36. The summed E-state index contributed by atoms with van der Waals surface area (Å²) in [5, 5.41) is 2.23. The van der Waals surface area contributed by atoms with E-state index in [1.807, 2.05) is 0 Å². The highest BCUT2D eigenvalue weighted by atomic mass is 16.5. The van der Waals surface area contributed by atoms with Gasteiger partial charge in [0.05, 0.1) is 11.4 Å². The Morgan fingerprint density at radius 2 is 0.812 bits per heavy atom. The molecule has 0 atom stereocenters. The molecule has 0 fully saturated rings. The molecule has 304 valence electrons. The van der Waals surface area contributed by atoms with Gasteiger partial charge in [-0.25, -0.2) is 0 Å². The number of benzene rings is 10. The third-order valence-corrected chi connectivity index (χ3v) is 13.3. The van der Waals surface area contributed by atoms with Gasteiger partial charge in [-0.1, -0.05) is 184 Å². The van der Waals surface area contributed by atoms with Gasteiger partial charge < -0.3 is 14.5 Å². The quantitative estimate of drug-likeness (QED) is 0.152. The SMILES string of the molecule is CC1(C)c2ccccc2-c2cc(N(c3ccc(-c4ccc(-c5ccccc5)cc4)cc3)c3ccc4cccc5c4c3Oc3c-5cccc3N(c3ccccc3)c3ccccc3)ccc21. The number of rotatable bonds is 8. The molecule has 0 radical (unpaired) electrons. The minimum atomic E-state index is -0.108. The first-order valence-corrected chi connectivity index (χ1v) is 22.1. The molecule has 1 heterocycles. The Kier molecular flexibility index (Phi) is 8.84. The molecule has 12 rings (SSSR count). The van der Waals surface area contributed by atoms with Crippen molar-refractivity contribution in [2.24, 2.45) is 0 Å². The van der Waals surface area contributed by atoms with E-state index in [2.05, 4.69) is 254 Å². The topological polar surface area (TPSA) is 15.7 Å². The second-order valence-corrected chi connectivity index (χ2v) is 17.3. The zero-order valence-electron chi connectivity index (χ0n) is 35.7. The van der Waals surface area contributed by atoms with Gasteiger partial charge in [-0.3, -0.25) is 0 Å². The maximum atomic E-state index is 7.50. The summed E-state index contributed by atoms with van der Waals surface area (Å²) in [5.41, 5.74) is 18.3. The van der Waals surface area contributed by atoms with Gasteiger partial charge in [0.25, 0.3) is 0 Å². The Hall–Kier alpha value is -8.14. The molecule has 3 nitrogen and oxygen atoms in total. The van der Waals surface area contributed by atoms with Crippen molar-refractivity contribution in [1.29, 1.82) is 0 Å². The molecule has 3 heteroatoms. The summed E-state index contributed by atoms with van der Waals surface area (Å²) in [5.74, 6) is 1.65. The summed E-state index contributed by atoms with van der Waals surface area (Å²) in [6.45, 7) is 4.68. The van der Waals surface area contributed by atoms with Crippen LogP contribution in [0.15, 0.2) is 231 Å². The van der Waals surface area contributed by atoms with E-state index in [1.54, 1.807) is 0 Å². The first-order chi connectivity index (χ1) is 31.5. The van der Waals surface area contributed by atoms with Crippen LogP contribution in [0.3, 0.4) is 0 Å². The average molecular weight is 821 g/mol. The molecule has 10 aromatic rings. The summed E-state index contributed by atoms with van der Waals surface area (Å²) < 4.78 is 7.50. The van der Waals surface area contributed by atoms with Crippen LogP contribution >= 0.6 is 0 Å². The van der Waals surface area contributed by atoms with Gasteiger partial charge in [-0.15, -0.1) is 0 Å². The molecule has 0 saturated heterocycles. The minimum Gasteiger partial charge on any atom is -0.452 e. The van der Waals surface area contributed by atoms with Gasteiger partial charge in [0.1, 0.15) is 0 Å². The Morgan fingerprint density at radius 1 is 0.328 bits per heavy atom. The van der Waals surface area contributed by atoms with Crippen LogP contribution < -0.4 is 14.5 Å². The third-order valence-electron chi connectivity index (χ3n) is 13.3. The second kappa shape index (κ2) is 15.0. The molecular weight excluding hydrogens is 777 g/mol. The van der Waals surface area contributed by atoms with Crippen molar-refractivity contribution >= 4 is 44.9 Å². The van der Waals surface area contributed by atoms with E-state index < -0.39 is 0 Å². The Labute approximate surface area is 374 Å². The van der Waals surface area contributed by atoms with Gasteiger partial charge in [0.15, 0.2) is 11.5 Å². The van der Waals surface area contributed by atoms with Crippen molar-refractivity contribution in [3.05, 3.63) is 242 Å². The molecule has 64 heavy (non-hydrogen) atoms. The number of hydrogen-bond donors (Lipinski definition) is 0. The lowest BCUT2D eigenvalue weighted by Gasteiger charge is -2.33. The summed E-state index contributed by atoms with van der Waals surface area (Å²) in [6.07, 6.45) is 0. The standard InChI is InChI=1S/C61H44N2O/c1-61(2)54-26-13-12-23-50(54)53-40-49(37-38-55(53)61)63(48-35-32-44(33-36-48)43-30-28-42(29-31-43)41-16-6-3-7-17-41)57-39-34-45-18-14-24-51-52-25-15-27-56(59(52)64-60(57)58(45)51)62(46-19-8-4-9-20-46)47-21-10-5-11-22-47/h3-40H,1-2H3. The molecule has 0 saturated carbocycles. The number of hydrogen-bond acceptors (Lipinski definition) is 3. The van der Waals surface area contributed by atoms with E-state index in [9.17, 15) is 0 Å². The molecule has 0 N–H and O–H groups in total. The monoisotopic (exact) mass is 820 g/mol. The van der Waals surface area contributed by atoms with Crippen molar-refractivity contribution in [3.63, 3.8) is 0 Å². The minimum absolute atomic E-state index is 0.108. The third kappa shape index (κ3) is 6.12. The summed E-state index contributed by atoms with van der Waals surface area (Å²) in [7, 11) is 0. The highest BCUT2D eigenvalue weighted by Crippen LogP contribution is 2.57. The second-order valence-electron chi connectivity index (χ2n) is 17.3. The number of para-hydroxylation sites is 3. The van der Waals surface area contributed by atoms with E-state index in [-0.39, 0.29) is 5.41 Å². The fraction of sp³-hybridized carbons (Fsp3) is 0.0492. The van der Waals surface area contributed by atoms with E-state index >= 15 is 0 Å². The largest absolute Gasteiger partial charge is 0.452 e.